The number of hydrogen-bond acceptors (Lipinski definition) is 9. The number of aromatic nitrogens is 4. The van der Waals surface area contributed by atoms with Crippen LogP contribution in [0.15, 0.2) is 48.9 Å². The van der Waals surface area contributed by atoms with Crippen LogP contribution in [-0.4, -0.2) is 64.6 Å². The number of rotatable bonds is 7. The first kappa shape index (κ1) is 20.2. The summed E-state index contributed by atoms with van der Waals surface area (Å²) in [5.41, 5.74) is 2.40. The van der Waals surface area contributed by atoms with Gasteiger partial charge in [0.1, 0.15) is 24.9 Å². The van der Waals surface area contributed by atoms with Crippen molar-refractivity contribution in [1.82, 2.24) is 19.9 Å². The lowest BCUT2D eigenvalue weighted by atomic mass is 10.2. The zero-order valence-electron chi connectivity index (χ0n) is 17.6. The zero-order valence-corrected chi connectivity index (χ0v) is 17.6. The molecule has 32 heavy (non-hydrogen) atoms. The van der Waals surface area contributed by atoms with Gasteiger partial charge in [0.25, 0.3) is 0 Å². The van der Waals surface area contributed by atoms with E-state index in [1.54, 1.807) is 19.6 Å². The lowest BCUT2D eigenvalue weighted by molar-refractivity contribution is 0.196. The normalized spacial score (nSPS) is 15.9. The van der Waals surface area contributed by atoms with E-state index in [1.165, 1.54) is 0 Å². The molecule has 2 aromatic heterocycles. The van der Waals surface area contributed by atoms with Crippen molar-refractivity contribution in [2.24, 2.45) is 0 Å². The molecule has 3 heterocycles. The number of hydrogen-bond donors (Lipinski definition) is 1. The summed E-state index contributed by atoms with van der Waals surface area (Å²) in [7, 11) is 1.58. The first-order valence-electron chi connectivity index (χ1n) is 10.4. The molecule has 1 atom stereocenters. The van der Waals surface area contributed by atoms with Crippen LogP contribution in [0.5, 0.6) is 17.4 Å². The summed E-state index contributed by atoms with van der Waals surface area (Å²) in [6.45, 7) is 1.57. The van der Waals surface area contributed by atoms with E-state index in [4.69, 9.17) is 19.3 Å². The smallest absolute Gasteiger partial charge is 0.233 e. The predicted molar refractivity (Wildman–Crippen MR) is 119 cm³/mol. The highest BCUT2D eigenvalue weighted by atomic mass is 16.5. The third-order valence-electron chi connectivity index (χ3n) is 5.41. The largest absolute Gasteiger partial charge is 0.493 e. The van der Waals surface area contributed by atoms with Gasteiger partial charge >= 0.3 is 0 Å². The fourth-order valence-corrected chi connectivity index (χ4v) is 3.91. The number of methoxy groups -OCH3 is 1. The maximum Gasteiger partial charge on any atom is 0.233 e. The van der Waals surface area contributed by atoms with Crippen molar-refractivity contribution >= 4 is 27.8 Å². The SMILES string of the molecule is COc1cc2c(N3CCC(Oc4cnc5ccccc5n4)C3)ncnc2cc1OCCO. The molecular weight excluding hydrogens is 410 g/mol. The second-order valence-corrected chi connectivity index (χ2v) is 7.46. The number of benzene rings is 2. The summed E-state index contributed by atoms with van der Waals surface area (Å²) in [6.07, 6.45) is 4.03. The van der Waals surface area contributed by atoms with Crippen molar-refractivity contribution in [2.75, 3.05) is 38.3 Å². The van der Waals surface area contributed by atoms with Crippen LogP contribution in [0.25, 0.3) is 21.9 Å². The van der Waals surface area contributed by atoms with Crippen molar-refractivity contribution < 1.29 is 19.3 Å². The van der Waals surface area contributed by atoms with Gasteiger partial charge in [0.05, 0.1) is 43.0 Å². The van der Waals surface area contributed by atoms with Gasteiger partial charge in [-0.1, -0.05) is 12.1 Å². The molecule has 0 aliphatic carbocycles. The standard InChI is InChI=1S/C23H23N5O4/c1-30-20-10-16-19(11-21(20)31-9-8-29)25-14-26-23(16)28-7-6-15(13-28)32-22-12-24-17-4-2-3-5-18(17)27-22/h2-5,10-12,14-15,29H,6-9,13H2,1H3. The monoisotopic (exact) mass is 433 g/mol. The van der Waals surface area contributed by atoms with Gasteiger partial charge in [0.2, 0.25) is 5.88 Å². The fraction of sp³-hybridized carbons (Fsp3) is 0.304. The van der Waals surface area contributed by atoms with Crippen molar-refractivity contribution in [3.05, 3.63) is 48.9 Å². The summed E-state index contributed by atoms with van der Waals surface area (Å²) in [4.78, 5) is 20.1. The van der Waals surface area contributed by atoms with E-state index in [2.05, 4.69) is 24.8 Å². The molecule has 0 radical (unpaired) electrons. The fourth-order valence-electron chi connectivity index (χ4n) is 3.91. The molecule has 1 N–H and O–H groups in total. The third-order valence-corrected chi connectivity index (χ3v) is 5.41. The van der Waals surface area contributed by atoms with E-state index in [9.17, 15) is 0 Å². The zero-order chi connectivity index (χ0) is 21.9. The van der Waals surface area contributed by atoms with Crippen molar-refractivity contribution in [2.45, 2.75) is 12.5 Å². The first-order chi connectivity index (χ1) is 15.7. The van der Waals surface area contributed by atoms with Crippen LogP contribution in [0.1, 0.15) is 6.42 Å². The quantitative estimate of drug-likeness (QED) is 0.471. The molecule has 2 aromatic carbocycles. The molecule has 1 aliphatic heterocycles. The van der Waals surface area contributed by atoms with Gasteiger partial charge in [-0.3, -0.25) is 0 Å². The van der Waals surface area contributed by atoms with Crippen LogP contribution < -0.4 is 19.1 Å². The highest BCUT2D eigenvalue weighted by Gasteiger charge is 2.27. The number of para-hydroxylation sites is 2. The number of anilines is 1. The van der Waals surface area contributed by atoms with Gasteiger partial charge in [0.15, 0.2) is 11.5 Å². The Morgan fingerprint density at radius 1 is 1.06 bits per heavy atom. The Labute approximate surface area is 184 Å². The molecule has 9 heteroatoms. The maximum absolute atomic E-state index is 9.06. The number of nitrogens with zero attached hydrogens (tertiary/aromatic N) is 5. The number of aliphatic hydroxyl groups excluding tert-OH is 1. The molecule has 164 valence electrons. The second kappa shape index (κ2) is 8.80. The third kappa shape index (κ3) is 3.94. The topological polar surface area (TPSA) is 103 Å². The minimum Gasteiger partial charge on any atom is -0.493 e. The van der Waals surface area contributed by atoms with Crippen LogP contribution in [-0.2, 0) is 0 Å². The maximum atomic E-state index is 9.06. The first-order valence-corrected chi connectivity index (χ1v) is 10.4. The molecule has 0 saturated carbocycles. The lowest BCUT2D eigenvalue weighted by Crippen LogP contribution is -2.25. The van der Waals surface area contributed by atoms with Gasteiger partial charge in [-0.15, -0.1) is 0 Å². The Hall–Kier alpha value is -3.72. The van der Waals surface area contributed by atoms with Crippen LogP contribution in [0, 0.1) is 0 Å². The van der Waals surface area contributed by atoms with Gasteiger partial charge in [-0.25, -0.2) is 19.9 Å². The minimum absolute atomic E-state index is 0.0236. The molecule has 5 rings (SSSR count). The summed E-state index contributed by atoms with van der Waals surface area (Å²) >= 11 is 0. The van der Waals surface area contributed by atoms with E-state index >= 15 is 0 Å². The van der Waals surface area contributed by atoms with E-state index in [-0.39, 0.29) is 19.3 Å². The van der Waals surface area contributed by atoms with E-state index in [1.807, 2.05) is 36.4 Å². The highest BCUT2D eigenvalue weighted by Crippen LogP contribution is 2.36. The lowest BCUT2D eigenvalue weighted by Gasteiger charge is -2.20. The van der Waals surface area contributed by atoms with E-state index in [0.29, 0.717) is 23.9 Å². The Bertz CT molecular complexity index is 1250. The summed E-state index contributed by atoms with van der Waals surface area (Å²) in [5, 5.41) is 9.92. The molecule has 1 saturated heterocycles. The molecule has 0 amide bonds. The number of aliphatic hydroxyl groups is 1. The second-order valence-electron chi connectivity index (χ2n) is 7.46. The average molecular weight is 433 g/mol. The van der Waals surface area contributed by atoms with Gasteiger partial charge < -0.3 is 24.2 Å². The van der Waals surface area contributed by atoms with E-state index in [0.717, 1.165) is 40.7 Å². The van der Waals surface area contributed by atoms with Crippen LogP contribution in [0.2, 0.25) is 0 Å². The van der Waals surface area contributed by atoms with Crippen molar-refractivity contribution in [1.29, 1.82) is 0 Å². The van der Waals surface area contributed by atoms with E-state index < -0.39 is 0 Å². The molecule has 0 spiro atoms. The Morgan fingerprint density at radius 3 is 2.78 bits per heavy atom. The van der Waals surface area contributed by atoms with Gasteiger partial charge in [-0.2, -0.15) is 0 Å². The molecule has 9 nitrogen and oxygen atoms in total. The molecule has 4 aromatic rings. The van der Waals surface area contributed by atoms with Crippen LogP contribution in [0.4, 0.5) is 5.82 Å². The molecule has 1 fully saturated rings. The predicted octanol–water partition coefficient (Wildman–Crippen LogP) is 2.61. The molecular formula is C23H23N5O4. The molecule has 1 unspecified atom stereocenters. The van der Waals surface area contributed by atoms with Crippen LogP contribution in [0.3, 0.4) is 0 Å². The summed E-state index contributed by atoms with van der Waals surface area (Å²) in [5.74, 6) is 2.45. The van der Waals surface area contributed by atoms with Gasteiger partial charge in [-0.05, 0) is 18.2 Å². The Kier molecular flexibility index (Phi) is 5.55. The highest BCUT2D eigenvalue weighted by molar-refractivity contribution is 5.92. The summed E-state index contributed by atoms with van der Waals surface area (Å²) < 4.78 is 17.2. The van der Waals surface area contributed by atoms with Crippen LogP contribution >= 0.6 is 0 Å². The Morgan fingerprint density at radius 2 is 1.94 bits per heavy atom. The molecule has 0 bridgehead atoms. The summed E-state index contributed by atoms with van der Waals surface area (Å²) in [6, 6.07) is 11.4. The van der Waals surface area contributed by atoms with Crippen molar-refractivity contribution in [3.63, 3.8) is 0 Å². The molecule has 1 aliphatic rings. The van der Waals surface area contributed by atoms with Crippen molar-refractivity contribution in [3.8, 4) is 17.4 Å². The number of fused-ring (bicyclic) bond motifs is 2. The number of ether oxygens (including phenoxy) is 3. The minimum atomic E-state index is -0.0764. The van der Waals surface area contributed by atoms with Gasteiger partial charge in [0, 0.05) is 24.4 Å². The average Bonchev–Trinajstić information content (AvgIpc) is 3.29. The Balaban J connectivity index is 1.37.